The van der Waals surface area contributed by atoms with Crippen molar-refractivity contribution in [1.29, 1.82) is 0 Å². The number of nitro benzene ring substituents is 1. The first kappa shape index (κ1) is 20.5. The smallest absolute Gasteiger partial charge is 0.311 e. The lowest BCUT2D eigenvalue weighted by Gasteiger charge is -2.32. The second-order valence-corrected chi connectivity index (χ2v) is 6.79. The van der Waals surface area contributed by atoms with Crippen molar-refractivity contribution < 1.29 is 14.5 Å². The Morgan fingerprint density at radius 3 is 2.58 bits per heavy atom. The molecule has 0 aromatic heterocycles. The third kappa shape index (κ3) is 5.08. The Morgan fingerprint density at radius 2 is 2.00 bits per heavy atom. The average Bonchev–Trinajstić information content (AvgIpc) is 3.45. The zero-order chi connectivity index (χ0) is 17.8. The van der Waals surface area contributed by atoms with Crippen molar-refractivity contribution >= 4 is 24.0 Å². The standard InChI is InChI=1S/C18H25N3O4.ClH/c1-2-25-17-6-5-14(11-16(17)21(23)24)18(22)20-9-7-15(8-10-20)19-12-13-3-4-13;/h5-6,11,13,15,19H,2-4,7-10,12H2,1H3;1H. The predicted octanol–water partition coefficient (Wildman–Crippen LogP) is 3.02. The predicted molar refractivity (Wildman–Crippen MR) is 101 cm³/mol. The van der Waals surface area contributed by atoms with Gasteiger partial charge in [0.05, 0.1) is 11.5 Å². The van der Waals surface area contributed by atoms with Gasteiger partial charge in [0.2, 0.25) is 0 Å². The van der Waals surface area contributed by atoms with E-state index in [1.165, 1.54) is 25.0 Å². The summed E-state index contributed by atoms with van der Waals surface area (Å²) in [5, 5.41) is 14.8. The Morgan fingerprint density at radius 1 is 1.31 bits per heavy atom. The van der Waals surface area contributed by atoms with Gasteiger partial charge < -0.3 is 15.0 Å². The molecule has 1 saturated heterocycles. The van der Waals surface area contributed by atoms with Crippen LogP contribution in [0.5, 0.6) is 5.75 Å². The second kappa shape index (κ2) is 9.19. The molecule has 1 aromatic carbocycles. The van der Waals surface area contributed by atoms with Crippen LogP contribution in [-0.4, -0.2) is 48.0 Å². The quantitative estimate of drug-likeness (QED) is 0.577. The number of benzene rings is 1. The summed E-state index contributed by atoms with van der Waals surface area (Å²) in [6.07, 6.45) is 4.52. The monoisotopic (exact) mass is 383 g/mol. The highest BCUT2D eigenvalue weighted by atomic mass is 35.5. The Labute approximate surface area is 159 Å². The highest BCUT2D eigenvalue weighted by Crippen LogP contribution is 2.29. The summed E-state index contributed by atoms with van der Waals surface area (Å²) in [5.74, 6) is 0.905. The summed E-state index contributed by atoms with van der Waals surface area (Å²) in [6.45, 7) is 4.56. The van der Waals surface area contributed by atoms with Crippen molar-refractivity contribution in [3.8, 4) is 5.75 Å². The van der Waals surface area contributed by atoms with Crippen LogP contribution in [0.4, 0.5) is 5.69 Å². The van der Waals surface area contributed by atoms with Crippen molar-refractivity contribution in [2.24, 2.45) is 5.92 Å². The van der Waals surface area contributed by atoms with Crippen LogP contribution < -0.4 is 10.1 Å². The van der Waals surface area contributed by atoms with E-state index in [9.17, 15) is 14.9 Å². The molecule has 1 aliphatic carbocycles. The number of likely N-dealkylation sites (tertiary alicyclic amines) is 1. The van der Waals surface area contributed by atoms with E-state index in [0.717, 1.165) is 25.3 Å². The number of nitrogens with one attached hydrogen (secondary N) is 1. The minimum Gasteiger partial charge on any atom is -0.487 e. The molecule has 0 spiro atoms. The number of nitrogens with zero attached hydrogens (tertiary/aromatic N) is 2. The van der Waals surface area contributed by atoms with Gasteiger partial charge in [0, 0.05) is 30.8 Å². The van der Waals surface area contributed by atoms with Crippen LogP contribution in [0.3, 0.4) is 0 Å². The summed E-state index contributed by atoms with van der Waals surface area (Å²) in [4.78, 5) is 25.2. The molecule has 26 heavy (non-hydrogen) atoms. The van der Waals surface area contributed by atoms with Crippen molar-refractivity contribution in [1.82, 2.24) is 10.2 Å². The Hall–Kier alpha value is -1.86. The van der Waals surface area contributed by atoms with Crippen LogP contribution in [0.25, 0.3) is 0 Å². The van der Waals surface area contributed by atoms with Crippen molar-refractivity contribution in [3.63, 3.8) is 0 Å². The van der Waals surface area contributed by atoms with E-state index in [4.69, 9.17) is 4.74 Å². The lowest BCUT2D eigenvalue weighted by Crippen LogP contribution is -2.45. The fraction of sp³-hybridized carbons (Fsp3) is 0.611. The molecule has 2 fully saturated rings. The van der Waals surface area contributed by atoms with Crippen molar-refractivity contribution in [2.45, 2.75) is 38.6 Å². The maximum atomic E-state index is 12.7. The third-order valence-electron chi connectivity index (χ3n) is 4.88. The first-order chi connectivity index (χ1) is 12.1. The van der Waals surface area contributed by atoms with Gasteiger partial charge in [-0.05, 0) is 57.2 Å². The molecule has 1 aliphatic heterocycles. The largest absolute Gasteiger partial charge is 0.487 e. The zero-order valence-electron chi connectivity index (χ0n) is 15.0. The fourth-order valence-corrected chi connectivity index (χ4v) is 3.20. The van der Waals surface area contributed by atoms with Gasteiger partial charge in [0.25, 0.3) is 5.91 Å². The van der Waals surface area contributed by atoms with Crippen LogP contribution >= 0.6 is 12.4 Å². The van der Waals surface area contributed by atoms with Gasteiger partial charge in [-0.15, -0.1) is 12.4 Å². The number of carbonyl (C=O) groups excluding carboxylic acids is 1. The number of amides is 1. The normalized spacial score (nSPS) is 17.5. The first-order valence-electron chi connectivity index (χ1n) is 9.02. The van der Waals surface area contributed by atoms with Gasteiger partial charge in [0.15, 0.2) is 5.75 Å². The number of hydrogen-bond donors (Lipinski definition) is 1. The third-order valence-corrected chi connectivity index (χ3v) is 4.88. The number of ether oxygens (including phenoxy) is 1. The molecule has 7 nitrogen and oxygen atoms in total. The number of rotatable bonds is 7. The molecule has 1 saturated carbocycles. The molecule has 0 bridgehead atoms. The van der Waals surface area contributed by atoms with Crippen LogP contribution in [0.1, 0.15) is 43.0 Å². The second-order valence-electron chi connectivity index (χ2n) is 6.79. The summed E-state index contributed by atoms with van der Waals surface area (Å²) < 4.78 is 5.27. The van der Waals surface area contributed by atoms with E-state index in [1.54, 1.807) is 17.9 Å². The minimum absolute atomic E-state index is 0. The topological polar surface area (TPSA) is 84.7 Å². The van der Waals surface area contributed by atoms with Crippen LogP contribution in [-0.2, 0) is 0 Å². The lowest BCUT2D eigenvalue weighted by atomic mass is 10.0. The summed E-state index contributed by atoms with van der Waals surface area (Å²) >= 11 is 0. The van der Waals surface area contributed by atoms with Crippen LogP contribution in [0.2, 0.25) is 0 Å². The number of carbonyl (C=O) groups is 1. The van der Waals surface area contributed by atoms with E-state index in [-0.39, 0.29) is 29.8 Å². The van der Waals surface area contributed by atoms with Crippen LogP contribution in [0.15, 0.2) is 18.2 Å². The van der Waals surface area contributed by atoms with Gasteiger partial charge in [-0.2, -0.15) is 0 Å². The molecule has 1 N–H and O–H groups in total. The average molecular weight is 384 g/mol. The molecule has 1 amide bonds. The van der Waals surface area contributed by atoms with E-state index < -0.39 is 4.92 Å². The number of halogens is 1. The highest BCUT2D eigenvalue weighted by molar-refractivity contribution is 5.95. The minimum atomic E-state index is -0.504. The summed E-state index contributed by atoms with van der Waals surface area (Å²) in [7, 11) is 0. The molecule has 0 unspecified atom stereocenters. The Bertz CT molecular complexity index is 643. The van der Waals surface area contributed by atoms with Gasteiger partial charge >= 0.3 is 5.69 Å². The molecule has 3 rings (SSSR count). The molecule has 0 radical (unpaired) electrons. The molecule has 1 aromatic rings. The fourth-order valence-electron chi connectivity index (χ4n) is 3.20. The van der Waals surface area contributed by atoms with Crippen LogP contribution in [0, 0.1) is 16.0 Å². The van der Waals surface area contributed by atoms with E-state index in [0.29, 0.717) is 31.3 Å². The molecular formula is C18H26ClN3O4. The molecule has 0 atom stereocenters. The summed E-state index contributed by atoms with van der Waals surface area (Å²) in [5.41, 5.74) is 0.188. The van der Waals surface area contributed by atoms with Crippen molar-refractivity contribution in [3.05, 3.63) is 33.9 Å². The zero-order valence-corrected chi connectivity index (χ0v) is 15.8. The van der Waals surface area contributed by atoms with E-state index >= 15 is 0 Å². The number of nitro groups is 1. The molecule has 8 heteroatoms. The first-order valence-corrected chi connectivity index (χ1v) is 9.02. The SMILES string of the molecule is CCOc1ccc(C(=O)N2CCC(NCC3CC3)CC2)cc1[N+](=O)[O-].Cl. The van der Waals surface area contributed by atoms with E-state index in [2.05, 4.69) is 5.32 Å². The Balaban J connectivity index is 0.00000243. The van der Waals surface area contributed by atoms with Gasteiger partial charge in [0.1, 0.15) is 0 Å². The lowest BCUT2D eigenvalue weighted by molar-refractivity contribution is -0.385. The van der Waals surface area contributed by atoms with Gasteiger partial charge in [-0.25, -0.2) is 0 Å². The maximum absolute atomic E-state index is 12.7. The van der Waals surface area contributed by atoms with Gasteiger partial charge in [-0.1, -0.05) is 0 Å². The summed E-state index contributed by atoms with van der Waals surface area (Å²) in [6, 6.07) is 4.92. The molecular weight excluding hydrogens is 358 g/mol. The highest BCUT2D eigenvalue weighted by Gasteiger charge is 2.27. The van der Waals surface area contributed by atoms with Gasteiger partial charge in [-0.3, -0.25) is 14.9 Å². The number of piperidine rings is 1. The molecule has 144 valence electrons. The maximum Gasteiger partial charge on any atom is 0.311 e. The number of hydrogen-bond acceptors (Lipinski definition) is 5. The van der Waals surface area contributed by atoms with Crippen molar-refractivity contribution in [2.75, 3.05) is 26.2 Å². The molecule has 2 aliphatic rings. The van der Waals surface area contributed by atoms with E-state index in [1.807, 2.05) is 0 Å². The Kier molecular flexibility index (Phi) is 7.23. The molecule has 1 heterocycles.